The van der Waals surface area contributed by atoms with Crippen molar-refractivity contribution in [3.63, 3.8) is 0 Å². The van der Waals surface area contributed by atoms with Gasteiger partial charge in [-0.3, -0.25) is 4.79 Å². The van der Waals surface area contributed by atoms with Crippen molar-refractivity contribution in [2.24, 2.45) is 11.7 Å². The van der Waals surface area contributed by atoms with Gasteiger partial charge < -0.3 is 11.1 Å². The van der Waals surface area contributed by atoms with E-state index in [0.29, 0.717) is 6.54 Å². The molecule has 0 spiro atoms. The maximum Gasteiger partial charge on any atom is 0.227 e. The van der Waals surface area contributed by atoms with Crippen LogP contribution in [0.1, 0.15) is 49.7 Å². The molecule has 3 N–H and O–H groups in total. The smallest absolute Gasteiger partial charge is 0.227 e. The van der Waals surface area contributed by atoms with Crippen LogP contribution in [0.2, 0.25) is 0 Å². The summed E-state index contributed by atoms with van der Waals surface area (Å²) in [6.45, 7) is 2.36. The molecule has 0 aliphatic heterocycles. The number of carbonyl (C=O) groups excluding carboxylic acids is 1. The molecule has 0 saturated heterocycles. The molecule has 1 amide bonds. The lowest BCUT2D eigenvalue weighted by atomic mass is 9.99. The minimum Gasteiger partial charge on any atom is -0.326 e. The molecule has 1 aromatic carbocycles. The van der Waals surface area contributed by atoms with Crippen LogP contribution in [0.15, 0.2) is 18.2 Å². The highest BCUT2D eigenvalue weighted by atomic mass is 16.1. The lowest BCUT2D eigenvalue weighted by molar-refractivity contribution is -0.120. The number of rotatable bonds is 2. The Labute approximate surface area is 127 Å². The number of hydrogen-bond donors (Lipinski definition) is 2. The summed E-state index contributed by atoms with van der Waals surface area (Å²) in [5, 5.41) is 3.05. The Morgan fingerprint density at radius 2 is 2.00 bits per heavy atom. The van der Waals surface area contributed by atoms with E-state index >= 15 is 0 Å². The Kier molecular flexibility index (Phi) is 5.83. The Morgan fingerprint density at radius 3 is 2.67 bits per heavy atom. The highest BCUT2D eigenvalue weighted by molar-refractivity contribution is 5.92. The van der Waals surface area contributed by atoms with Crippen molar-refractivity contribution >= 4 is 11.6 Å². The van der Waals surface area contributed by atoms with Gasteiger partial charge in [-0.2, -0.15) is 0 Å². The molecule has 1 aliphatic carbocycles. The number of benzene rings is 1. The second kappa shape index (κ2) is 7.85. The van der Waals surface area contributed by atoms with Crippen molar-refractivity contribution in [3.05, 3.63) is 29.3 Å². The summed E-state index contributed by atoms with van der Waals surface area (Å²) in [4.78, 5) is 12.4. The Morgan fingerprint density at radius 1 is 1.29 bits per heavy atom. The summed E-state index contributed by atoms with van der Waals surface area (Å²) in [7, 11) is 0. The van der Waals surface area contributed by atoms with Gasteiger partial charge in [-0.05, 0) is 37.5 Å². The summed E-state index contributed by atoms with van der Waals surface area (Å²) < 4.78 is 0. The van der Waals surface area contributed by atoms with Crippen molar-refractivity contribution < 1.29 is 4.79 Å². The van der Waals surface area contributed by atoms with E-state index in [2.05, 4.69) is 17.2 Å². The van der Waals surface area contributed by atoms with Crippen LogP contribution in [0.3, 0.4) is 0 Å². The molecule has 0 radical (unpaired) electrons. The van der Waals surface area contributed by atoms with Crippen molar-refractivity contribution in [3.8, 4) is 11.8 Å². The zero-order valence-corrected chi connectivity index (χ0v) is 12.7. The van der Waals surface area contributed by atoms with Crippen LogP contribution in [0.4, 0.5) is 5.69 Å². The van der Waals surface area contributed by atoms with Crippen molar-refractivity contribution in [1.29, 1.82) is 0 Å². The molecule has 3 heteroatoms. The molecule has 1 fully saturated rings. The van der Waals surface area contributed by atoms with Crippen molar-refractivity contribution in [2.45, 2.75) is 45.4 Å². The molecule has 0 atom stereocenters. The predicted molar refractivity (Wildman–Crippen MR) is 86.9 cm³/mol. The van der Waals surface area contributed by atoms with Crippen LogP contribution in [0, 0.1) is 24.7 Å². The highest BCUT2D eigenvalue weighted by Gasteiger charge is 2.20. The second-order valence-electron chi connectivity index (χ2n) is 5.71. The summed E-state index contributed by atoms with van der Waals surface area (Å²) in [5.74, 6) is 6.22. The van der Waals surface area contributed by atoms with Crippen LogP contribution in [0.5, 0.6) is 0 Å². The van der Waals surface area contributed by atoms with Gasteiger partial charge in [-0.25, -0.2) is 0 Å². The molecular weight excluding hydrogens is 260 g/mol. The Balaban J connectivity index is 2.06. The largest absolute Gasteiger partial charge is 0.326 e. The lowest BCUT2D eigenvalue weighted by Crippen LogP contribution is -2.22. The molecule has 1 aromatic rings. The van der Waals surface area contributed by atoms with E-state index in [0.717, 1.165) is 29.7 Å². The van der Waals surface area contributed by atoms with Crippen LogP contribution in [-0.2, 0) is 4.79 Å². The van der Waals surface area contributed by atoms with Gasteiger partial charge in [0.05, 0.1) is 6.54 Å². The standard InChI is InChI=1S/C18H24N2O/c1-14-10-11-17(13-16(14)9-6-12-19)20-18(21)15-7-4-2-3-5-8-15/h10-11,13,15H,2-5,7-8,12,19H2,1H3,(H,20,21). The fourth-order valence-electron chi connectivity index (χ4n) is 2.77. The maximum atomic E-state index is 12.4. The average Bonchev–Trinajstić information content (AvgIpc) is 2.77. The van der Waals surface area contributed by atoms with E-state index in [1.165, 1.54) is 25.7 Å². The molecule has 1 aliphatic rings. The first-order valence-electron chi connectivity index (χ1n) is 7.81. The van der Waals surface area contributed by atoms with E-state index in [1.807, 2.05) is 25.1 Å². The fraction of sp³-hybridized carbons (Fsp3) is 0.500. The number of carbonyl (C=O) groups is 1. The SMILES string of the molecule is Cc1ccc(NC(=O)C2CCCCCC2)cc1C#CCN. The average molecular weight is 284 g/mol. The minimum atomic E-state index is 0.151. The molecular formula is C18H24N2O. The summed E-state index contributed by atoms with van der Waals surface area (Å²) >= 11 is 0. The number of nitrogens with one attached hydrogen (secondary N) is 1. The zero-order valence-electron chi connectivity index (χ0n) is 12.7. The van der Waals surface area contributed by atoms with Gasteiger partial charge in [0.1, 0.15) is 0 Å². The van der Waals surface area contributed by atoms with Crippen molar-refractivity contribution in [2.75, 3.05) is 11.9 Å². The number of amides is 1. The number of anilines is 1. The van der Waals surface area contributed by atoms with Crippen LogP contribution in [0.25, 0.3) is 0 Å². The third kappa shape index (κ3) is 4.61. The summed E-state index contributed by atoms with van der Waals surface area (Å²) in [5.41, 5.74) is 8.27. The molecule has 1 saturated carbocycles. The van der Waals surface area contributed by atoms with Gasteiger partial charge >= 0.3 is 0 Å². The number of hydrogen-bond acceptors (Lipinski definition) is 2. The predicted octanol–water partition coefficient (Wildman–Crippen LogP) is 3.21. The Bertz CT molecular complexity index is 546. The van der Waals surface area contributed by atoms with E-state index in [-0.39, 0.29) is 11.8 Å². The molecule has 0 heterocycles. The van der Waals surface area contributed by atoms with Gasteiger partial charge in [0.25, 0.3) is 0 Å². The molecule has 21 heavy (non-hydrogen) atoms. The molecule has 0 unspecified atom stereocenters. The fourth-order valence-corrected chi connectivity index (χ4v) is 2.77. The van der Waals surface area contributed by atoms with Crippen LogP contribution < -0.4 is 11.1 Å². The first kappa shape index (κ1) is 15.6. The third-order valence-electron chi connectivity index (χ3n) is 4.06. The lowest BCUT2D eigenvalue weighted by Gasteiger charge is -2.14. The molecule has 3 nitrogen and oxygen atoms in total. The maximum absolute atomic E-state index is 12.4. The number of aryl methyl sites for hydroxylation is 1. The normalized spacial score (nSPS) is 15.7. The zero-order chi connectivity index (χ0) is 15.1. The molecule has 0 aromatic heterocycles. The van der Waals surface area contributed by atoms with E-state index in [9.17, 15) is 4.79 Å². The first-order chi connectivity index (χ1) is 10.2. The van der Waals surface area contributed by atoms with Gasteiger partial charge in [0, 0.05) is 17.2 Å². The van der Waals surface area contributed by atoms with E-state index in [1.54, 1.807) is 0 Å². The first-order valence-corrected chi connectivity index (χ1v) is 7.81. The molecule has 2 rings (SSSR count). The topological polar surface area (TPSA) is 55.1 Å². The van der Waals surface area contributed by atoms with E-state index < -0.39 is 0 Å². The van der Waals surface area contributed by atoms with Gasteiger partial charge in [0.2, 0.25) is 5.91 Å². The van der Waals surface area contributed by atoms with Gasteiger partial charge in [-0.15, -0.1) is 0 Å². The monoisotopic (exact) mass is 284 g/mol. The molecule has 0 bridgehead atoms. The third-order valence-corrected chi connectivity index (χ3v) is 4.06. The van der Waals surface area contributed by atoms with E-state index in [4.69, 9.17) is 5.73 Å². The van der Waals surface area contributed by atoms with Gasteiger partial charge in [0.15, 0.2) is 0 Å². The minimum absolute atomic E-state index is 0.151. The Hall–Kier alpha value is -1.79. The highest BCUT2D eigenvalue weighted by Crippen LogP contribution is 2.24. The van der Waals surface area contributed by atoms with Gasteiger partial charge in [-0.1, -0.05) is 43.6 Å². The molecule has 112 valence electrons. The van der Waals surface area contributed by atoms with Crippen molar-refractivity contribution in [1.82, 2.24) is 0 Å². The van der Waals surface area contributed by atoms with Crippen LogP contribution >= 0.6 is 0 Å². The summed E-state index contributed by atoms with van der Waals surface area (Å²) in [6.07, 6.45) is 6.87. The second-order valence-corrected chi connectivity index (χ2v) is 5.71. The van der Waals surface area contributed by atoms with Crippen LogP contribution in [-0.4, -0.2) is 12.5 Å². The summed E-state index contributed by atoms with van der Waals surface area (Å²) in [6, 6.07) is 5.87. The quantitative estimate of drug-likeness (QED) is 0.647. The number of nitrogens with two attached hydrogens (primary N) is 1.